The second kappa shape index (κ2) is 5.43. The molecule has 3 nitrogen and oxygen atoms in total. The Morgan fingerprint density at radius 2 is 1.71 bits per heavy atom. The van der Waals surface area contributed by atoms with Crippen LogP contribution in [0.25, 0.3) is 0 Å². The molecule has 0 saturated heterocycles. The highest BCUT2D eigenvalue weighted by Gasteiger charge is 2.31. The Kier molecular flexibility index (Phi) is 3.84. The third-order valence-electron chi connectivity index (χ3n) is 2.60. The normalized spacial score (nSPS) is 11.2. The molecule has 0 aliphatic rings. The van der Waals surface area contributed by atoms with E-state index in [-0.39, 0.29) is 11.3 Å². The molecule has 0 radical (unpaired) electrons. The van der Waals surface area contributed by atoms with Gasteiger partial charge >= 0.3 is 12.1 Å². The van der Waals surface area contributed by atoms with Gasteiger partial charge in [-0.2, -0.15) is 13.2 Å². The van der Waals surface area contributed by atoms with E-state index in [1.54, 1.807) is 0 Å². The Labute approximate surface area is 116 Å². The first-order chi connectivity index (χ1) is 9.79. The third kappa shape index (κ3) is 3.31. The van der Waals surface area contributed by atoms with Gasteiger partial charge in [-0.05, 0) is 30.3 Å². The summed E-state index contributed by atoms with van der Waals surface area (Å²) in [5.74, 6) is -3.18. The van der Waals surface area contributed by atoms with Crippen LogP contribution in [0.4, 0.5) is 17.6 Å². The van der Waals surface area contributed by atoms with Crippen LogP contribution >= 0.6 is 0 Å². The van der Waals surface area contributed by atoms with E-state index in [4.69, 9.17) is 9.84 Å². The minimum Gasteiger partial charge on any atom is -0.478 e. The fourth-order valence-corrected chi connectivity index (χ4v) is 1.61. The average molecular weight is 300 g/mol. The summed E-state index contributed by atoms with van der Waals surface area (Å²) in [6.07, 6.45) is -4.67. The molecule has 0 saturated carbocycles. The molecule has 2 rings (SSSR count). The number of carboxylic acids is 1. The van der Waals surface area contributed by atoms with Crippen LogP contribution in [-0.4, -0.2) is 11.1 Å². The molecular weight excluding hydrogens is 292 g/mol. The topological polar surface area (TPSA) is 46.5 Å². The van der Waals surface area contributed by atoms with Gasteiger partial charge in [0.25, 0.3) is 0 Å². The van der Waals surface area contributed by atoms with E-state index in [2.05, 4.69) is 0 Å². The molecule has 21 heavy (non-hydrogen) atoms. The summed E-state index contributed by atoms with van der Waals surface area (Å²) < 4.78 is 55.9. The lowest BCUT2D eigenvalue weighted by Crippen LogP contribution is -2.06. The van der Waals surface area contributed by atoms with Crippen LogP contribution in [-0.2, 0) is 6.18 Å². The lowest BCUT2D eigenvalue weighted by molar-refractivity contribution is -0.137. The summed E-state index contributed by atoms with van der Waals surface area (Å²) in [6, 6.07) is 7.17. The van der Waals surface area contributed by atoms with Crippen molar-refractivity contribution in [1.29, 1.82) is 0 Å². The Balaban J connectivity index is 2.35. The number of para-hydroxylation sites is 1. The van der Waals surface area contributed by atoms with E-state index in [1.807, 2.05) is 0 Å². The zero-order valence-electron chi connectivity index (χ0n) is 10.3. The standard InChI is InChI=1S/C14H8F4O3/c15-10-7-8(14(16,17)18)5-6-12(10)21-11-4-2-1-3-9(11)13(19)20/h1-7H,(H,19,20). The molecule has 110 valence electrons. The number of benzene rings is 2. The van der Waals surface area contributed by atoms with Crippen molar-refractivity contribution in [1.82, 2.24) is 0 Å². The van der Waals surface area contributed by atoms with Gasteiger partial charge in [-0.3, -0.25) is 0 Å². The first-order valence-electron chi connectivity index (χ1n) is 5.66. The Bertz CT molecular complexity index is 680. The van der Waals surface area contributed by atoms with Gasteiger partial charge in [0.05, 0.1) is 5.56 Å². The fraction of sp³-hybridized carbons (Fsp3) is 0.0714. The Morgan fingerprint density at radius 1 is 1.05 bits per heavy atom. The molecule has 0 unspecified atom stereocenters. The third-order valence-corrected chi connectivity index (χ3v) is 2.60. The second-order valence-electron chi connectivity index (χ2n) is 4.05. The second-order valence-corrected chi connectivity index (χ2v) is 4.05. The van der Waals surface area contributed by atoms with Gasteiger partial charge in [-0.25, -0.2) is 9.18 Å². The minimum absolute atomic E-state index is 0.163. The van der Waals surface area contributed by atoms with Crippen molar-refractivity contribution in [2.45, 2.75) is 6.18 Å². The van der Waals surface area contributed by atoms with Gasteiger partial charge in [0, 0.05) is 0 Å². The largest absolute Gasteiger partial charge is 0.478 e. The maximum absolute atomic E-state index is 13.6. The smallest absolute Gasteiger partial charge is 0.416 e. The van der Waals surface area contributed by atoms with E-state index in [0.717, 1.165) is 6.07 Å². The minimum atomic E-state index is -4.67. The molecule has 0 aliphatic heterocycles. The molecule has 0 aliphatic carbocycles. The molecule has 2 aromatic carbocycles. The van der Waals surface area contributed by atoms with Gasteiger partial charge < -0.3 is 9.84 Å². The molecule has 0 atom stereocenters. The highest BCUT2D eigenvalue weighted by molar-refractivity contribution is 5.90. The number of alkyl halides is 3. The number of halogens is 4. The van der Waals surface area contributed by atoms with Crippen molar-refractivity contribution in [3.05, 3.63) is 59.4 Å². The zero-order chi connectivity index (χ0) is 15.6. The first-order valence-corrected chi connectivity index (χ1v) is 5.66. The predicted molar refractivity (Wildman–Crippen MR) is 64.9 cm³/mol. The maximum Gasteiger partial charge on any atom is 0.416 e. The first kappa shape index (κ1) is 14.8. The van der Waals surface area contributed by atoms with E-state index < -0.39 is 29.3 Å². The molecule has 0 fully saturated rings. The Hall–Kier alpha value is -2.57. The molecule has 2 aromatic rings. The van der Waals surface area contributed by atoms with Gasteiger partial charge in [-0.15, -0.1) is 0 Å². The molecule has 0 spiro atoms. The number of aromatic carboxylic acids is 1. The molecular formula is C14H8F4O3. The summed E-state index contributed by atoms with van der Waals surface area (Å²) in [4.78, 5) is 11.0. The molecule has 0 amide bonds. The van der Waals surface area contributed by atoms with E-state index in [1.165, 1.54) is 24.3 Å². The number of carboxylic acid groups (broad SMARTS) is 1. The van der Waals surface area contributed by atoms with Crippen LogP contribution < -0.4 is 4.74 Å². The highest BCUT2D eigenvalue weighted by Crippen LogP contribution is 2.34. The quantitative estimate of drug-likeness (QED) is 0.858. The van der Waals surface area contributed by atoms with Crippen molar-refractivity contribution < 1.29 is 32.2 Å². The number of hydrogen-bond acceptors (Lipinski definition) is 2. The monoisotopic (exact) mass is 300 g/mol. The molecule has 0 heterocycles. The summed E-state index contributed by atoms with van der Waals surface area (Å²) >= 11 is 0. The molecule has 0 bridgehead atoms. The Morgan fingerprint density at radius 3 is 2.29 bits per heavy atom. The van der Waals surface area contributed by atoms with E-state index in [9.17, 15) is 22.4 Å². The molecule has 7 heteroatoms. The van der Waals surface area contributed by atoms with E-state index in [0.29, 0.717) is 12.1 Å². The van der Waals surface area contributed by atoms with Gasteiger partial charge in [0.1, 0.15) is 11.3 Å². The lowest BCUT2D eigenvalue weighted by Gasteiger charge is -2.11. The molecule has 0 aromatic heterocycles. The van der Waals surface area contributed by atoms with Crippen LogP contribution in [0.1, 0.15) is 15.9 Å². The predicted octanol–water partition coefficient (Wildman–Crippen LogP) is 4.34. The lowest BCUT2D eigenvalue weighted by atomic mass is 10.2. The summed E-state index contributed by atoms with van der Waals surface area (Å²) in [6.45, 7) is 0. The van der Waals surface area contributed by atoms with Gasteiger partial charge in [0.2, 0.25) is 0 Å². The maximum atomic E-state index is 13.6. The number of hydrogen-bond donors (Lipinski definition) is 1. The summed E-state index contributed by atoms with van der Waals surface area (Å²) in [5, 5.41) is 8.94. The van der Waals surface area contributed by atoms with Crippen molar-refractivity contribution in [2.75, 3.05) is 0 Å². The number of rotatable bonds is 3. The van der Waals surface area contributed by atoms with Crippen LogP contribution in [0.3, 0.4) is 0 Å². The summed E-state index contributed by atoms with van der Waals surface area (Å²) in [5.41, 5.74) is -1.38. The SMILES string of the molecule is O=C(O)c1ccccc1Oc1ccc(C(F)(F)F)cc1F. The van der Waals surface area contributed by atoms with Gasteiger partial charge in [-0.1, -0.05) is 12.1 Å². The van der Waals surface area contributed by atoms with Crippen LogP contribution in [0, 0.1) is 5.82 Å². The molecule has 1 N–H and O–H groups in total. The highest BCUT2D eigenvalue weighted by atomic mass is 19.4. The van der Waals surface area contributed by atoms with Gasteiger partial charge in [0.15, 0.2) is 11.6 Å². The van der Waals surface area contributed by atoms with E-state index >= 15 is 0 Å². The summed E-state index contributed by atoms with van der Waals surface area (Å²) in [7, 11) is 0. The van der Waals surface area contributed by atoms with Crippen LogP contribution in [0.2, 0.25) is 0 Å². The van der Waals surface area contributed by atoms with Crippen molar-refractivity contribution >= 4 is 5.97 Å². The fourth-order valence-electron chi connectivity index (χ4n) is 1.61. The van der Waals surface area contributed by atoms with Crippen LogP contribution in [0.15, 0.2) is 42.5 Å². The van der Waals surface area contributed by atoms with Crippen LogP contribution in [0.5, 0.6) is 11.5 Å². The van der Waals surface area contributed by atoms with Crippen molar-refractivity contribution in [3.8, 4) is 11.5 Å². The van der Waals surface area contributed by atoms with Crippen molar-refractivity contribution in [3.63, 3.8) is 0 Å². The average Bonchev–Trinajstić information content (AvgIpc) is 2.40. The van der Waals surface area contributed by atoms with Crippen molar-refractivity contribution in [2.24, 2.45) is 0 Å². The zero-order valence-corrected chi connectivity index (χ0v) is 10.3. The number of carbonyl (C=O) groups is 1. The number of ether oxygens (including phenoxy) is 1.